The second-order valence-electron chi connectivity index (χ2n) is 1.00. The van der Waals surface area contributed by atoms with Crippen LogP contribution in [0.1, 0.15) is 0 Å². The van der Waals surface area contributed by atoms with Gasteiger partial charge in [0, 0.05) is 0 Å². The van der Waals surface area contributed by atoms with Gasteiger partial charge in [-0.1, -0.05) is 0 Å². The van der Waals surface area contributed by atoms with E-state index in [1.807, 2.05) is 0 Å². The van der Waals surface area contributed by atoms with Crippen LogP contribution < -0.4 is 49.5 Å². The average Bonchev–Trinajstić information content (AvgIpc) is 1.25. The van der Waals surface area contributed by atoms with Crippen molar-refractivity contribution in [3.8, 4) is 0 Å². The fourth-order valence-corrected chi connectivity index (χ4v) is 0. The summed E-state index contributed by atoms with van der Waals surface area (Å²) in [6, 6.07) is 0. The van der Waals surface area contributed by atoms with E-state index >= 15 is 0 Å². The van der Waals surface area contributed by atoms with Crippen LogP contribution in [0.15, 0.2) is 0 Å². The van der Waals surface area contributed by atoms with Gasteiger partial charge in [0.1, 0.15) is 0 Å². The topological polar surface area (TPSA) is 134 Å². The van der Waals surface area contributed by atoms with Crippen LogP contribution in [-0.2, 0) is 14.5 Å². The Morgan fingerprint density at radius 3 is 0.556 bits per heavy atom. The van der Waals surface area contributed by atoms with Crippen molar-refractivity contribution in [3.63, 3.8) is 0 Å². The molecule has 0 aromatic carbocycles. The van der Waals surface area contributed by atoms with Crippen LogP contribution >= 0.6 is 0 Å². The molecule has 0 atom stereocenters. The van der Waals surface area contributed by atoms with Crippen molar-refractivity contribution in [1.82, 2.24) is 0 Å². The van der Waals surface area contributed by atoms with Gasteiger partial charge < -0.3 is 5.48 Å². The van der Waals surface area contributed by atoms with Gasteiger partial charge >= 0.3 is 64.1 Å². The second kappa shape index (κ2) is 11.5. The third kappa shape index (κ3) is 693. The van der Waals surface area contributed by atoms with Crippen molar-refractivity contribution in [3.05, 3.63) is 0 Å². The molecule has 4 radical (unpaired) electrons. The van der Waals surface area contributed by atoms with Crippen molar-refractivity contribution in [2.45, 2.75) is 0 Å². The van der Waals surface area contributed by atoms with Crippen LogP contribution in [-0.4, -0.2) is 5.48 Å². The molecule has 44 valence electrons. The van der Waals surface area contributed by atoms with E-state index in [0.29, 0.717) is 0 Å². The van der Waals surface area contributed by atoms with Crippen molar-refractivity contribution in [2.24, 2.45) is 0 Å². The molecule has 9 heteroatoms. The number of hydrogen-bond donors (Lipinski definition) is 0. The van der Waals surface area contributed by atoms with Gasteiger partial charge in [-0.2, -0.15) is 0 Å². The predicted octanol–water partition coefficient (Wildman–Crippen LogP) is -7.53. The normalized spacial score (nSPS) is 9.33. The Labute approximate surface area is 68.7 Å². The van der Waals surface area contributed by atoms with E-state index in [1.165, 1.54) is 0 Å². The summed E-state index contributed by atoms with van der Waals surface area (Å²) in [4.78, 5) is 0. The van der Waals surface area contributed by atoms with Crippen LogP contribution in [0, 0.1) is 0 Å². The molecule has 0 saturated carbocycles. The summed E-state index contributed by atoms with van der Waals surface area (Å²) in [5.74, 6) is 0. The molecule has 0 aliphatic carbocycles. The molecular weight excluding hydrogens is 158 g/mol. The van der Waals surface area contributed by atoms with Crippen LogP contribution in [0.4, 0.5) is 0 Å². The molecule has 0 aromatic rings. The molecule has 0 heterocycles. The molecule has 9 heavy (non-hydrogen) atoms. The summed E-state index contributed by atoms with van der Waals surface area (Å²) < 4.78 is 51.8. The zero-order chi connectivity index (χ0) is 7.15. The van der Waals surface area contributed by atoms with Gasteiger partial charge in [-0.05, 0) is 0 Å². The molecule has 0 saturated heterocycles. The molecule has 0 aromatic heterocycles. The average molecular weight is 160 g/mol. The van der Waals surface area contributed by atoms with Crippen LogP contribution in [0.2, 0.25) is 0 Å². The van der Waals surface area contributed by atoms with Crippen LogP contribution in [0.3, 0.4) is 0 Å². The van der Waals surface area contributed by atoms with E-state index in [-0.39, 0.29) is 5.48 Å². The van der Waals surface area contributed by atoms with Gasteiger partial charge in [-0.25, -0.2) is 0 Å². The Morgan fingerprint density at radius 2 is 0.556 bits per heavy atom. The molecular formula is H2Na2O7+2. The fraction of sp³-hybridized carbons (Fsp3) is 0. The third-order valence-electron chi connectivity index (χ3n) is 0. The van der Waals surface area contributed by atoms with Crippen molar-refractivity contribution in [2.75, 3.05) is 0 Å². The van der Waals surface area contributed by atoms with Crippen LogP contribution in [0.25, 0.3) is 0 Å². The van der Waals surface area contributed by atoms with Gasteiger partial charge in [-0.15, -0.1) is 0 Å². The molecule has 0 amide bonds. The quantitative estimate of drug-likeness (QED) is 0.323. The van der Waals surface area contributed by atoms with Gasteiger partial charge in [0.05, 0.1) is 0 Å². The van der Waals surface area contributed by atoms with E-state index in [0.717, 1.165) is 0 Å². The SMILES string of the molecule is O.[O]=[Na+](=[O])=[O].[O]=[Na+](=[O])=[O]. The molecule has 2 N–H and O–H groups in total. The summed E-state index contributed by atoms with van der Waals surface area (Å²) in [5, 5.41) is 0. The second-order valence-corrected chi connectivity index (χ2v) is 3.00. The zero-order valence-corrected chi connectivity index (χ0v) is 8.95. The Morgan fingerprint density at radius 1 is 0.556 bits per heavy atom. The summed E-state index contributed by atoms with van der Waals surface area (Å²) >= 11 is -8.81. The van der Waals surface area contributed by atoms with Gasteiger partial charge in [0.25, 0.3) is 0 Å². The number of rotatable bonds is 0. The monoisotopic (exact) mass is 160 g/mol. The minimum atomic E-state index is -4.41. The standard InChI is InChI=1S/2Na.H2O.6O/h;;1H2;;;;;;/q2*+1;;;;;;;. The Bertz CT molecular complexity index is 176. The van der Waals surface area contributed by atoms with Crippen LogP contribution in [0.5, 0.6) is 0 Å². The first-order chi connectivity index (χ1) is 3.46. The van der Waals surface area contributed by atoms with Crippen molar-refractivity contribution in [1.29, 1.82) is 0 Å². The maximum atomic E-state index is 8.63. The summed E-state index contributed by atoms with van der Waals surface area (Å²) in [6.45, 7) is 0. The summed E-state index contributed by atoms with van der Waals surface area (Å²) in [6.07, 6.45) is 0. The fourth-order valence-electron chi connectivity index (χ4n) is 0. The molecule has 0 fully saturated rings. The summed E-state index contributed by atoms with van der Waals surface area (Å²) in [7, 11) is 0. The molecule has 0 aliphatic rings. The maximum absolute atomic E-state index is 8.63. The van der Waals surface area contributed by atoms with Gasteiger partial charge in [0.2, 0.25) is 0 Å². The Hall–Kier alpha value is 0.760. The first kappa shape index (κ1) is 16.4. The first-order valence-corrected chi connectivity index (χ1v) is 7.35. The van der Waals surface area contributed by atoms with Crippen molar-refractivity contribution < 1.29 is 69.5 Å². The molecule has 0 bridgehead atoms. The van der Waals surface area contributed by atoms with Gasteiger partial charge in [0.15, 0.2) is 0 Å². The van der Waals surface area contributed by atoms with Gasteiger partial charge in [-0.3, -0.25) is 0 Å². The summed E-state index contributed by atoms with van der Waals surface area (Å²) in [5.41, 5.74) is 0. The van der Waals surface area contributed by atoms with E-state index < -0.39 is 49.5 Å². The molecule has 0 rings (SSSR count). The third-order valence-corrected chi connectivity index (χ3v) is 0. The van der Waals surface area contributed by atoms with Crippen molar-refractivity contribution >= 4 is 0 Å². The molecule has 0 aliphatic heterocycles. The predicted molar refractivity (Wildman–Crippen MR) is 7.73 cm³/mol. The Balaban J connectivity index is -0.0000000720. The molecule has 0 unspecified atom stereocenters. The first-order valence-electron chi connectivity index (χ1n) is 2.45. The van der Waals surface area contributed by atoms with E-state index in [1.54, 1.807) is 0 Å². The number of hydrogen-bond acceptors (Lipinski definition) is 6. The Kier molecular flexibility index (Phi) is 21.0. The molecule has 7 nitrogen and oxygen atoms in total. The van der Waals surface area contributed by atoms with E-state index in [2.05, 4.69) is 0 Å². The zero-order valence-electron chi connectivity index (χ0n) is 4.95. The van der Waals surface area contributed by atoms with E-state index in [9.17, 15) is 0 Å². The minimum absolute atomic E-state index is 0. The molecule has 0 spiro atoms. The van der Waals surface area contributed by atoms with E-state index in [4.69, 9.17) is 14.5 Å².